The van der Waals surface area contributed by atoms with Crippen LogP contribution >= 0.6 is 0 Å². The Hall–Kier alpha value is -3.39. The van der Waals surface area contributed by atoms with Crippen LogP contribution in [0.5, 0.6) is 0 Å². The molecular weight excluding hydrogens is 384 g/mol. The van der Waals surface area contributed by atoms with Crippen molar-refractivity contribution in [2.45, 2.75) is 51.5 Å². The van der Waals surface area contributed by atoms with Gasteiger partial charge in [0.1, 0.15) is 0 Å². The van der Waals surface area contributed by atoms with Gasteiger partial charge in [-0.15, -0.1) is 0 Å². The Balaban J connectivity index is 1.58. The molecule has 158 valence electrons. The van der Waals surface area contributed by atoms with E-state index in [9.17, 15) is 4.79 Å². The molecule has 5 nitrogen and oxygen atoms in total. The minimum absolute atomic E-state index is 0.0481. The number of nitrogens with zero attached hydrogens (tertiary/aromatic N) is 4. The highest BCUT2D eigenvalue weighted by atomic mass is 16.2. The Labute approximate surface area is 184 Å². The summed E-state index contributed by atoms with van der Waals surface area (Å²) in [5, 5.41) is 15.2. The van der Waals surface area contributed by atoms with E-state index in [1.165, 1.54) is 5.56 Å². The number of carbonyl (C=O) groups is 1. The zero-order chi connectivity index (χ0) is 21.6. The third-order valence-corrected chi connectivity index (χ3v) is 6.08. The van der Waals surface area contributed by atoms with Crippen LogP contribution < -0.4 is 0 Å². The molecule has 0 N–H and O–H groups in total. The van der Waals surface area contributed by atoms with Crippen LogP contribution in [0.3, 0.4) is 0 Å². The molecular formula is C26H28N4O. The highest BCUT2D eigenvalue weighted by Gasteiger charge is 2.30. The van der Waals surface area contributed by atoms with Crippen LogP contribution in [0.15, 0.2) is 65.9 Å². The molecule has 2 heterocycles. The second kappa shape index (κ2) is 9.61. The first-order chi connectivity index (χ1) is 15.1. The van der Waals surface area contributed by atoms with Gasteiger partial charge in [-0.1, -0.05) is 42.5 Å². The van der Waals surface area contributed by atoms with Crippen molar-refractivity contribution in [1.82, 2.24) is 9.91 Å². The number of urea groups is 1. The molecule has 1 atom stereocenters. The topological polar surface area (TPSA) is 59.7 Å². The van der Waals surface area contributed by atoms with E-state index in [1.807, 2.05) is 48.4 Å². The van der Waals surface area contributed by atoms with Crippen LogP contribution in [-0.4, -0.2) is 34.2 Å². The maximum absolute atomic E-state index is 13.6. The van der Waals surface area contributed by atoms with Crippen LogP contribution in [0.25, 0.3) is 5.57 Å². The van der Waals surface area contributed by atoms with Gasteiger partial charge in [0.15, 0.2) is 0 Å². The molecule has 2 aliphatic rings. The molecule has 2 amide bonds. The number of allylic oxidation sites excluding steroid dienone is 1. The molecule has 2 aliphatic heterocycles. The fourth-order valence-corrected chi connectivity index (χ4v) is 4.35. The highest BCUT2D eigenvalue weighted by molar-refractivity contribution is 5.88. The van der Waals surface area contributed by atoms with Crippen LogP contribution in [0.2, 0.25) is 0 Å². The predicted octanol–water partition coefficient (Wildman–Crippen LogP) is 5.59. The number of piperidine rings is 1. The molecule has 0 aromatic heterocycles. The average Bonchev–Trinajstić information content (AvgIpc) is 3.01. The van der Waals surface area contributed by atoms with Gasteiger partial charge in [-0.2, -0.15) is 15.4 Å². The van der Waals surface area contributed by atoms with E-state index in [0.29, 0.717) is 5.56 Å². The van der Waals surface area contributed by atoms with E-state index in [4.69, 9.17) is 5.26 Å². The first-order valence-electron chi connectivity index (χ1n) is 11.0. The Morgan fingerprint density at radius 2 is 1.87 bits per heavy atom. The quantitative estimate of drug-likeness (QED) is 0.660. The van der Waals surface area contributed by atoms with E-state index in [1.54, 1.807) is 5.01 Å². The summed E-state index contributed by atoms with van der Waals surface area (Å²) in [5.74, 6) is 0. The first-order valence-corrected chi connectivity index (χ1v) is 11.0. The number of hydrogen-bond acceptors (Lipinski definition) is 3. The maximum atomic E-state index is 13.6. The number of benzene rings is 2. The Morgan fingerprint density at radius 1 is 1.10 bits per heavy atom. The first kappa shape index (κ1) is 20.9. The lowest BCUT2D eigenvalue weighted by Crippen LogP contribution is -2.48. The van der Waals surface area contributed by atoms with E-state index in [2.05, 4.69) is 35.4 Å². The smallest absolute Gasteiger partial charge is 0.320 e. The van der Waals surface area contributed by atoms with Crippen molar-refractivity contribution in [1.29, 1.82) is 5.26 Å². The van der Waals surface area contributed by atoms with E-state index in [0.717, 1.165) is 61.9 Å². The number of nitriles is 1. The van der Waals surface area contributed by atoms with Crippen molar-refractivity contribution in [2.75, 3.05) is 6.54 Å². The molecule has 4 rings (SSSR count). The molecule has 0 bridgehead atoms. The zero-order valence-corrected chi connectivity index (χ0v) is 18.0. The predicted molar refractivity (Wildman–Crippen MR) is 123 cm³/mol. The second-order valence-corrected chi connectivity index (χ2v) is 8.34. The molecule has 2 aromatic rings. The van der Waals surface area contributed by atoms with Gasteiger partial charge in [0.05, 0.1) is 11.6 Å². The molecule has 1 saturated heterocycles. The molecule has 1 fully saturated rings. The summed E-state index contributed by atoms with van der Waals surface area (Å²) >= 11 is 0. The lowest BCUT2D eigenvalue weighted by molar-refractivity contribution is 0.128. The van der Waals surface area contributed by atoms with E-state index >= 15 is 0 Å². The van der Waals surface area contributed by atoms with Crippen molar-refractivity contribution in [3.63, 3.8) is 0 Å². The molecule has 1 unspecified atom stereocenters. The van der Waals surface area contributed by atoms with Gasteiger partial charge < -0.3 is 4.90 Å². The summed E-state index contributed by atoms with van der Waals surface area (Å²) in [6.07, 6.45) is 7.57. The van der Waals surface area contributed by atoms with Crippen LogP contribution in [0.1, 0.15) is 55.7 Å². The molecule has 0 saturated carbocycles. The molecule has 0 radical (unpaired) electrons. The molecule has 0 spiro atoms. The summed E-state index contributed by atoms with van der Waals surface area (Å²) in [4.78, 5) is 15.6. The maximum Gasteiger partial charge on any atom is 0.344 e. The highest BCUT2D eigenvalue weighted by Crippen LogP contribution is 2.27. The lowest BCUT2D eigenvalue weighted by Gasteiger charge is -2.37. The Bertz CT molecular complexity index is 1020. The van der Waals surface area contributed by atoms with Crippen LogP contribution in [0, 0.1) is 11.3 Å². The third-order valence-electron chi connectivity index (χ3n) is 6.08. The van der Waals surface area contributed by atoms with Crippen LogP contribution in [0.4, 0.5) is 4.79 Å². The summed E-state index contributed by atoms with van der Waals surface area (Å²) in [6, 6.07) is 20.2. The number of likely N-dealkylation sites (tertiary alicyclic amines) is 1. The molecule has 5 heteroatoms. The lowest BCUT2D eigenvalue weighted by atomic mass is 9.96. The van der Waals surface area contributed by atoms with Crippen molar-refractivity contribution in [3.05, 3.63) is 77.5 Å². The van der Waals surface area contributed by atoms with Gasteiger partial charge in [0.2, 0.25) is 0 Å². The molecule has 0 aliphatic carbocycles. The van der Waals surface area contributed by atoms with E-state index in [-0.39, 0.29) is 12.1 Å². The van der Waals surface area contributed by atoms with Gasteiger partial charge in [-0.05, 0) is 74.3 Å². The average molecular weight is 413 g/mol. The minimum Gasteiger partial charge on any atom is -0.320 e. The number of rotatable bonds is 3. The SMILES string of the molecule is CC1=NN(C(=O)N2CCCCC2Cc2ccccc2)C=C(c2ccc(C#N)cc2)CC1. The van der Waals surface area contributed by atoms with Gasteiger partial charge in [-0.3, -0.25) is 0 Å². The summed E-state index contributed by atoms with van der Waals surface area (Å²) in [6.45, 7) is 2.74. The summed E-state index contributed by atoms with van der Waals surface area (Å²) in [7, 11) is 0. The minimum atomic E-state index is -0.0481. The van der Waals surface area contributed by atoms with Gasteiger partial charge in [0.25, 0.3) is 0 Å². The Morgan fingerprint density at radius 3 is 2.61 bits per heavy atom. The van der Waals surface area contributed by atoms with Crippen molar-refractivity contribution in [2.24, 2.45) is 5.10 Å². The Kier molecular flexibility index (Phi) is 6.47. The summed E-state index contributed by atoms with van der Waals surface area (Å²) in [5.41, 5.74) is 4.94. The number of amides is 2. The largest absolute Gasteiger partial charge is 0.344 e. The van der Waals surface area contributed by atoms with Gasteiger partial charge >= 0.3 is 6.03 Å². The van der Waals surface area contributed by atoms with Crippen molar-refractivity contribution < 1.29 is 4.79 Å². The second-order valence-electron chi connectivity index (χ2n) is 8.34. The van der Waals surface area contributed by atoms with Crippen LogP contribution in [-0.2, 0) is 6.42 Å². The molecule has 31 heavy (non-hydrogen) atoms. The fraction of sp³-hybridized carbons (Fsp3) is 0.346. The number of hydrazone groups is 1. The van der Waals surface area contributed by atoms with Gasteiger partial charge in [0, 0.05) is 24.5 Å². The normalized spacial score (nSPS) is 19.2. The van der Waals surface area contributed by atoms with E-state index < -0.39 is 0 Å². The zero-order valence-electron chi connectivity index (χ0n) is 18.0. The van der Waals surface area contributed by atoms with Crippen molar-refractivity contribution >= 4 is 17.3 Å². The standard InChI is InChI=1S/C26H28N4O/c1-20-10-13-24(23-14-11-22(18-27)12-15-23)19-30(28-20)26(31)29-16-6-5-9-25(29)17-21-7-3-2-4-8-21/h2-4,7-8,11-12,14-15,19,25H,5-6,9-10,13,16-17H2,1H3. The summed E-state index contributed by atoms with van der Waals surface area (Å²) < 4.78 is 0. The number of carbonyl (C=O) groups excluding carboxylic acids is 1. The third kappa shape index (κ3) is 5.03. The van der Waals surface area contributed by atoms with Crippen molar-refractivity contribution in [3.8, 4) is 6.07 Å². The van der Waals surface area contributed by atoms with Gasteiger partial charge in [-0.25, -0.2) is 4.79 Å². The monoisotopic (exact) mass is 412 g/mol. The number of hydrogen-bond donors (Lipinski definition) is 0. The molecule has 2 aromatic carbocycles. The fourth-order valence-electron chi connectivity index (χ4n) is 4.35.